The number of nitrogens with one attached hydrogen (secondary N) is 1. The van der Waals surface area contributed by atoms with Crippen LogP contribution in [0.25, 0.3) is 0 Å². The number of nitro groups is 1. The van der Waals surface area contributed by atoms with Crippen molar-refractivity contribution in [3.63, 3.8) is 0 Å². The van der Waals surface area contributed by atoms with E-state index < -0.39 is 14.9 Å². The minimum Gasteiger partial charge on any atom is -0.302 e. The molecule has 0 saturated carbocycles. The molecule has 0 aliphatic heterocycles. The first-order chi connectivity index (χ1) is 10.4. The summed E-state index contributed by atoms with van der Waals surface area (Å²) >= 11 is 0. The van der Waals surface area contributed by atoms with Crippen molar-refractivity contribution in [2.75, 3.05) is 26.2 Å². The van der Waals surface area contributed by atoms with Gasteiger partial charge in [-0.2, -0.15) is 0 Å². The molecule has 124 valence electrons. The van der Waals surface area contributed by atoms with Gasteiger partial charge >= 0.3 is 0 Å². The molecule has 22 heavy (non-hydrogen) atoms. The van der Waals surface area contributed by atoms with E-state index in [-0.39, 0.29) is 10.6 Å². The van der Waals surface area contributed by atoms with Gasteiger partial charge in [-0.1, -0.05) is 13.8 Å². The second kappa shape index (κ2) is 8.82. The van der Waals surface area contributed by atoms with E-state index in [1.807, 2.05) is 0 Å². The summed E-state index contributed by atoms with van der Waals surface area (Å²) in [6, 6.07) is 4.87. The molecule has 0 spiro atoms. The molecule has 8 heteroatoms. The highest BCUT2D eigenvalue weighted by Gasteiger charge is 2.15. The maximum Gasteiger partial charge on any atom is 0.269 e. The van der Waals surface area contributed by atoms with Gasteiger partial charge in [-0.15, -0.1) is 0 Å². The van der Waals surface area contributed by atoms with Gasteiger partial charge in [0.2, 0.25) is 10.0 Å². The number of hydrogen-bond donors (Lipinski definition) is 1. The van der Waals surface area contributed by atoms with Gasteiger partial charge in [-0.3, -0.25) is 10.1 Å². The predicted molar refractivity (Wildman–Crippen MR) is 85.3 cm³/mol. The first-order valence-corrected chi connectivity index (χ1v) is 8.85. The van der Waals surface area contributed by atoms with Crippen LogP contribution in [0.5, 0.6) is 0 Å². The minimum atomic E-state index is -3.63. The molecule has 1 rings (SSSR count). The Kier molecular flexibility index (Phi) is 7.43. The molecule has 1 aromatic rings. The second-order valence-electron chi connectivity index (χ2n) is 4.99. The summed E-state index contributed by atoms with van der Waals surface area (Å²) in [5.74, 6) is 0. The van der Waals surface area contributed by atoms with Crippen LogP contribution < -0.4 is 4.72 Å². The topological polar surface area (TPSA) is 92.6 Å². The van der Waals surface area contributed by atoms with Crippen LogP contribution in [-0.2, 0) is 10.0 Å². The highest BCUT2D eigenvalue weighted by molar-refractivity contribution is 7.89. The number of rotatable bonds is 10. The highest BCUT2D eigenvalue weighted by atomic mass is 32.2. The Bertz CT molecular complexity index is 566. The quantitative estimate of drug-likeness (QED) is 0.523. The van der Waals surface area contributed by atoms with Crippen LogP contribution in [0.4, 0.5) is 5.69 Å². The minimum absolute atomic E-state index is 0.0376. The molecule has 0 radical (unpaired) electrons. The molecule has 0 saturated heterocycles. The lowest BCUT2D eigenvalue weighted by Crippen LogP contribution is -2.35. The van der Waals surface area contributed by atoms with Crippen LogP contribution >= 0.6 is 0 Å². The number of nitro benzene ring substituents is 1. The van der Waals surface area contributed by atoms with E-state index in [0.29, 0.717) is 13.1 Å². The summed E-state index contributed by atoms with van der Waals surface area (Å²) in [5, 5.41) is 10.6. The zero-order valence-corrected chi connectivity index (χ0v) is 13.8. The third-order valence-corrected chi connectivity index (χ3v) is 4.63. The normalized spacial score (nSPS) is 11.8. The summed E-state index contributed by atoms with van der Waals surface area (Å²) < 4.78 is 26.8. The van der Waals surface area contributed by atoms with Crippen LogP contribution in [0.1, 0.15) is 26.7 Å². The Hall–Kier alpha value is -1.51. The standard InChI is InChI=1S/C14H23N3O4S/c1-3-10-16(11-4-2)12-9-15-22(20,21)14-7-5-13(6-8-14)17(18)19/h5-8,15H,3-4,9-12H2,1-2H3. The van der Waals surface area contributed by atoms with E-state index in [4.69, 9.17) is 0 Å². The third-order valence-electron chi connectivity index (χ3n) is 3.16. The molecular formula is C14H23N3O4S. The molecule has 0 fully saturated rings. The molecule has 7 nitrogen and oxygen atoms in total. The average Bonchev–Trinajstić information content (AvgIpc) is 2.47. The molecule has 0 bridgehead atoms. The zero-order chi connectivity index (χ0) is 16.6. The number of hydrogen-bond acceptors (Lipinski definition) is 5. The van der Waals surface area contributed by atoms with Crippen LogP contribution in [0.15, 0.2) is 29.2 Å². The lowest BCUT2D eigenvalue weighted by molar-refractivity contribution is -0.384. The summed E-state index contributed by atoms with van der Waals surface area (Å²) in [5.41, 5.74) is -0.129. The molecule has 1 aromatic carbocycles. The van der Waals surface area contributed by atoms with E-state index in [1.165, 1.54) is 24.3 Å². The molecule has 0 atom stereocenters. The van der Waals surface area contributed by atoms with Crippen molar-refractivity contribution in [3.8, 4) is 0 Å². The SMILES string of the molecule is CCCN(CCC)CCNS(=O)(=O)c1ccc([N+](=O)[O-])cc1. The van der Waals surface area contributed by atoms with E-state index in [9.17, 15) is 18.5 Å². The summed E-state index contributed by atoms with van der Waals surface area (Å²) in [6.45, 7) is 7.01. The Morgan fingerprint density at radius 1 is 1.09 bits per heavy atom. The largest absolute Gasteiger partial charge is 0.302 e. The van der Waals surface area contributed by atoms with E-state index in [2.05, 4.69) is 23.5 Å². The molecule has 0 aliphatic carbocycles. The van der Waals surface area contributed by atoms with Gasteiger partial charge < -0.3 is 4.90 Å². The first kappa shape index (κ1) is 18.5. The van der Waals surface area contributed by atoms with E-state index >= 15 is 0 Å². The predicted octanol–water partition coefficient (Wildman–Crippen LogP) is 2.00. The van der Waals surface area contributed by atoms with Gasteiger partial charge in [-0.05, 0) is 38.1 Å². The lowest BCUT2D eigenvalue weighted by atomic mass is 10.3. The fourth-order valence-electron chi connectivity index (χ4n) is 2.14. The van der Waals surface area contributed by atoms with Crippen molar-refractivity contribution < 1.29 is 13.3 Å². The monoisotopic (exact) mass is 329 g/mol. The molecule has 0 unspecified atom stereocenters. The summed E-state index contributed by atoms with van der Waals surface area (Å²) in [6.07, 6.45) is 2.05. The van der Waals surface area contributed by atoms with Crippen LogP contribution in [0.3, 0.4) is 0 Å². The van der Waals surface area contributed by atoms with Crippen LogP contribution in [0.2, 0.25) is 0 Å². The van der Waals surface area contributed by atoms with Gasteiger partial charge in [0.1, 0.15) is 0 Å². The number of nitrogens with zero attached hydrogens (tertiary/aromatic N) is 2. The zero-order valence-electron chi connectivity index (χ0n) is 13.0. The lowest BCUT2D eigenvalue weighted by Gasteiger charge is -2.20. The second-order valence-corrected chi connectivity index (χ2v) is 6.76. The van der Waals surface area contributed by atoms with Crippen molar-refractivity contribution in [1.29, 1.82) is 0 Å². The van der Waals surface area contributed by atoms with Crippen molar-refractivity contribution in [2.45, 2.75) is 31.6 Å². The van der Waals surface area contributed by atoms with E-state index in [1.54, 1.807) is 0 Å². The fourth-order valence-corrected chi connectivity index (χ4v) is 3.16. The van der Waals surface area contributed by atoms with Gasteiger partial charge in [0, 0.05) is 25.2 Å². The van der Waals surface area contributed by atoms with Gasteiger partial charge in [0.15, 0.2) is 0 Å². The maximum absolute atomic E-state index is 12.1. The van der Waals surface area contributed by atoms with E-state index in [0.717, 1.165) is 25.9 Å². The summed E-state index contributed by atoms with van der Waals surface area (Å²) in [7, 11) is -3.63. The smallest absolute Gasteiger partial charge is 0.269 e. The van der Waals surface area contributed by atoms with Crippen molar-refractivity contribution in [3.05, 3.63) is 34.4 Å². The molecule has 1 N–H and O–H groups in total. The molecular weight excluding hydrogens is 306 g/mol. The Morgan fingerprint density at radius 3 is 2.09 bits per heavy atom. The maximum atomic E-state index is 12.1. The van der Waals surface area contributed by atoms with Gasteiger partial charge in [0.05, 0.1) is 9.82 Å². The molecule has 0 aromatic heterocycles. The van der Waals surface area contributed by atoms with Crippen molar-refractivity contribution in [2.24, 2.45) is 0 Å². The Morgan fingerprint density at radius 2 is 1.64 bits per heavy atom. The summed E-state index contributed by atoms with van der Waals surface area (Å²) in [4.78, 5) is 12.3. The Balaban J connectivity index is 2.61. The number of sulfonamides is 1. The highest BCUT2D eigenvalue weighted by Crippen LogP contribution is 2.15. The van der Waals surface area contributed by atoms with Crippen LogP contribution in [0, 0.1) is 10.1 Å². The van der Waals surface area contributed by atoms with Crippen LogP contribution in [-0.4, -0.2) is 44.4 Å². The third kappa shape index (κ3) is 5.70. The van der Waals surface area contributed by atoms with Gasteiger partial charge in [0.25, 0.3) is 5.69 Å². The van der Waals surface area contributed by atoms with Crippen molar-refractivity contribution >= 4 is 15.7 Å². The number of non-ortho nitro benzene ring substituents is 1. The molecule has 0 heterocycles. The Labute approximate surface area is 131 Å². The van der Waals surface area contributed by atoms with Gasteiger partial charge in [-0.25, -0.2) is 13.1 Å². The number of benzene rings is 1. The van der Waals surface area contributed by atoms with Crippen molar-refractivity contribution in [1.82, 2.24) is 9.62 Å². The molecule has 0 amide bonds. The first-order valence-electron chi connectivity index (χ1n) is 7.37. The average molecular weight is 329 g/mol. The molecule has 0 aliphatic rings. The fraction of sp³-hybridized carbons (Fsp3) is 0.571.